The fourth-order valence-electron chi connectivity index (χ4n) is 4.01. The zero-order valence-electron chi connectivity index (χ0n) is 23.2. The summed E-state index contributed by atoms with van der Waals surface area (Å²) in [7, 11) is 0. The van der Waals surface area contributed by atoms with Crippen LogP contribution in [0.1, 0.15) is 34.7 Å². The Morgan fingerprint density at radius 1 is 0.878 bits per heavy atom. The highest BCUT2D eigenvalue weighted by atomic mass is 35.5. The van der Waals surface area contributed by atoms with E-state index in [1.54, 1.807) is 36.4 Å². The van der Waals surface area contributed by atoms with E-state index in [1.165, 1.54) is 17.2 Å². The number of amides is 1. The molecule has 4 aromatic rings. The topological polar surface area (TPSA) is 80.6 Å². The van der Waals surface area contributed by atoms with Gasteiger partial charge in [-0.2, -0.15) is 5.26 Å². The molecule has 4 rings (SSSR count). The first-order valence-electron chi connectivity index (χ1n) is 13.2. The lowest BCUT2D eigenvalue weighted by Crippen LogP contribution is -2.13. The first-order chi connectivity index (χ1) is 19.9. The highest BCUT2D eigenvalue weighted by Gasteiger charge is 2.15. The standard InChI is InChI=1S/C34H31ClN2O4/c1-4-39-32-19-27(18-31(35)33(32)41-22-26-11-10-23(2)24(3)16-26)17-28(20-36)34(38)37-29-12-14-30(15-13-29)40-21-25-8-6-5-7-9-25/h5-19H,4,21-22H2,1-3H3,(H,37,38)/b28-17+. The van der Waals surface area contributed by atoms with Crippen LogP contribution in [0.4, 0.5) is 5.69 Å². The van der Waals surface area contributed by atoms with Crippen LogP contribution in [0.3, 0.4) is 0 Å². The predicted molar refractivity (Wildman–Crippen MR) is 162 cm³/mol. The summed E-state index contributed by atoms with van der Waals surface area (Å²) in [6, 6.07) is 28.3. The molecule has 0 bridgehead atoms. The van der Waals surface area contributed by atoms with Gasteiger partial charge in [-0.1, -0.05) is 60.1 Å². The molecule has 0 atom stereocenters. The Bertz CT molecular complexity index is 1580. The maximum Gasteiger partial charge on any atom is 0.266 e. The van der Waals surface area contributed by atoms with Crippen molar-refractivity contribution < 1.29 is 19.0 Å². The number of hydrogen-bond acceptors (Lipinski definition) is 5. The van der Waals surface area contributed by atoms with E-state index in [4.69, 9.17) is 25.8 Å². The largest absolute Gasteiger partial charge is 0.490 e. The number of aryl methyl sites for hydroxylation is 2. The number of halogens is 1. The second-order valence-electron chi connectivity index (χ2n) is 9.39. The van der Waals surface area contributed by atoms with Crippen LogP contribution in [-0.2, 0) is 18.0 Å². The summed E-state index contributed by atoms with van der Waals surface area (Å²) in [5, 5.41) is 12.8. The molecule has 6 nitrogen and oxygen atoms in total. The summed E-state index contributed by atoms with van der Waals surface area (Å²) in [5.41, 5.74) is 5.44. The van der Waals surface area contributed by atoms with Gasteiger partial charge in [0.15, 0.2) is 11.5 Å². The molecule has 0 aliphatic rings. The third-order valence-electron chi connectivity index (χ3n) is 6.32. The first kappa shape index (κ1) is 29.3. The lowest BCUT2D eigenvalue weighted by atomic mass is 10.1. The minimum absolute atomic E-state index is 0.0864. The SMILES string of the molecule is CCOc1cc(/C=C(\C#N)C(=O)Nc2ccc(OCc3ccccc3)cc2)cc(Cl)c1OCc1ccc(C)c(C)c1. The van der Waals surface area contributed by atoms with Gasteiger partial charge in [0.25, 0.3) is 5.91 Å². The van der Waals surface area contributed by atoms with E-state index in [1.807, 2.05) is 49.4 Å². The van der Waals surface area contributed by atoms with Gasteiger partial charge in [-0.05, 0) is 91.1 Å². The summed E-state index contributed by atoms with van der Waals surface area (Å²) in [6.07, 6.45) is 1.47. The van der Waals surface area contributed by atoms with Crippen LogP contribution in [0.25, 0.3) is 6.08 Å². The van der Waals surface area contributed by atoms with Gasteiger partial charge in [-0.15, -0.1) is 0 Å². The van der Waals surface area contributed by atoms with Crippen molar-refractivity contribution in [1.82, 2.24) is 0 Å². The van der Waals surface area contributed by atoms with Gasteiger partial charge in [0.2, 0.25) is 0 Å². The molecule has 0 aliphatic heterocycles. The van der Waals surface area contributed by atoms with Crippen LogP contribution >= 0.6 is 11.6 Å². The Balaban J connectivity index is 1.45. The predicted octanol–water partition coefficient (Wildman–Crippen LogP) is 8.06. The number of rotatable bonds is 11. The van der Waals surface area contributed by atoms with Crippen molar-refractivity contribution in [2.24, 2.45) is 0 Å². The van der Waals surface area contributed by atoms with E-state index in [0.29, 0.717) is 53.3 Å². The van der Waals surface area contributed by atoms with Gasteiger partial charge in [-0.25, -0.2) is 0 Å². The van der Waals surface area contributed by atoms with Gasteiger partial charge < -0.3 is 19.5 Å². The van der Waals surface area contributed by atoms with Crippen LogP contribution in [-0.4, -0.2) is 12.5 Å². The Hall–Kier alpha value is -4.73. The fourth-order valence-corrected chi connectivity index (χ4v) is 4.29. The molecule has 208 valence electrons. The van der Waals surface area contributed by atoms with Gasteiger partial charge in [0.1, 0.15) is 30.6 Å². The molecule has 0 aliphatic carbocycles. The Morgan fingerprint density at radius 2 is 1.61 bits per heavy atom. The van der Waals surface area contributed by atoms with Gasteiger partial charge in [-0.3, -0.25) is 4.79 Å². The monoisotopic (exact) mass is 566 g/mol. The molecule has 0 fully saturated rings. The van der Waals surface area contributed by atoms with Crippen molar-refractivity contribution in [3.63, 3.8) is 0 Å². The number of benzene rings is 4. The highest BCUT2D eigenvalue weighted by molar-refractivity contribution is 6.32. The van der Waals surface area contributed by atoms with Gasteiger partial charge in [0.05, 0.1) is 11.6 Å². The van der Waals surface area contributed by atoms with Crippen molar-refractivity contribution in [2.45, 2.75) is 34.0 Å². The average molecular weight is 567 g/mol. The summed E-state index contributed by atoms with van der Waals surface area (Å²) < 4.78 is 17.6. The van der Waals surface area contributed by atoms with E-state index in [9.17, 15) is 10.1 Å². The molecule has 1 N–H and O–H groups in total. The van der Waals surface area contributed by atoms with Crippen LogP contribution < -0.4 is 19.5 Å². The normalized spacial score (nSPS) is 11.0. The number of anilines is 1. The smallest absolute Gasteiger partial charge is 0.266 e. The van der Waals surface area contributed by atoms with Crippen LogP contribution in [0.5, 0.6) is 17.2 Å². The molecule has 7 heteroatoms. The van der Waals surface area contributed by atoms with Crippen molar-refractivity contribution >= 4 is 29.3 Å². The number of nitrogens with one attached hydrogen (secondary N) is 1. The van der Waals surface area contributed by atoms with E-state index in [0.717, 1.165) is 11.1 Å². The number of carbonyl (C=O) groups is 1. The molecule has 0 saturated heterocycles. The van der Waals surface area contributed by atoms with Crippen LogP contribution in [0.15, 0.2) is 90.5 Å². The maximum atomic E-state index is 12.9. The molecule has 0 radical (unpaired) electrons. The second-order valence-corrected chi connectivity index (χ2v) is 9.80. The minimum atomic E-state index is -0.547. The fraction of sp³-hybridized carbons (Fsp3) is 0.176. The molecule has 4 aromatic carbocycles. The molecular weight excluding hydrogens is 536 g/mol. The third kappa shape index (κ3) is 8.14. The highest BCUT2D eigenvalue weighted by Crippen LogP contribution is 2.38. The zero-order chi connectivity index (χ0) is 29.2. The molecule has 0 unspecified atom stereocenters. The van der Waals surface area contributed by atoms with Crippen LogP contribution in [0, 0.1) is 25.2 Å². The number of ether oxygens (including phenoxy) is 3. The summed E-state index contributed by atoms with van der Waals surface area (Å²) in [4.78, 5) is 12.9. The number of hydrogen-bond donors (Lipinski definition) is 1. The molecular formula is C34H31ClN2O4. The van der Waals surface area contributed by atoms with Crippen molar-refractivity contribution in [3.8, 4) is 23.3 Å². The minimum Gasteiger partial charge on any atom is -0.490 e. The lowest BCUT2D eigenvalue weighted by Gasteiger charge is -2.15. The Labute approximate surface area is 245 Å². The molecule has 1 amide bonds. The summed E-state index contributed by atoms with van der Waals surface area (Å²) in [5.74, 6) is 0.954. The summed E-state index contributed by atoms with van der Waals surface area (Å²) in [6.45, 7) is 7.12. The molecule has 0 saturated carbocycles. The molecule has 0 spiro atoms. The van der Waals surface area contributed by atoms with Crippen molar-refractivity contribution in [2.75, 3.05) is 11.9 Å². The second kappa shape index (κ2) is 14.1. The molecule has 0 aromatic heterocycles. The van der Waals surface area contributed by atoms with E-state index in [-0.39, 0.29) is 5.57 Å². The molecule has 41 heavy (non-hydrogen) atoms. The Morgan fingerprint density at radius 3 is 2.29 bits per heavy atom. The van der Waals surface area contributed by atoms with Crippen molar-refractivity contribution in [1.29, 1.82) is 5.26 Å². The van der Waals surface area contributed by atoms with E-state index >= 15 is 0 Å². The Kier molecular flexibility index (Phi) is 10.0. The first-order valence-corrected chi connectivity index (χ1v) is 13.6. The van der Waals surface area contributed by atoms with Gasteiger partial charge in [0, 0.05) is 5.69 Å². The quantitative estimate of drug-likeness (QED) is 0.147. The number of nitriles is 1. The van der Waals surface area contributed by atoms with E-state index in [2.05, 4.69) is 31.3 Å². The lowest BCUT2D eigenvalue weighted by molar-refractivity contribution is -0.112. The zero-order valence-corrected chi connectivity index (χ0v) is 24.0. The van der Waals surface area contributed by atoms with Crippen molar-refractivity contribution in [3.05, 3.63) is 123 Å². The third-order valence-corrected chi connectivity index (χ3v) is 6.60. The molecule has 0 heterocycles. The van der Waals surface area contributed by atoms with Gasteiger partial charge >= 0.3 is 0 Å². The maximum absolute atomic E-state index is 12.9. The number of nitrogens with zero attached hydrogens (tertiary/aromatic N) is 1. The van der Waals surface area contributed by atoms with Crippen LogP contribution in [0.2, 0.25) is 5.02 Å². The summed E-state index contributed by atoms with van der Waals surface area (Å²) >= 11 is 6.58. The average Bonchev–Trinajstić information content (AvgIpc) is 2.97. The van der Waals surface area contributed by atoms with E-state index < -0.39 is 5.91 Å². The number of carbonyl (C=O) groups excluding carboxylic acids is 1.